The highest BCUT2D eigenvalue weighted by atomic mass is 35.5. The molecule has 2 aromatic carbocycles. The number of halogens is 2. The van der Waals surface area contributed by atoms with Gasteiger partial charge in [0.15, 0.2) is 0 Å². The van der Waals surface area contributed by atoms with E-state index in [1.54, 1.807) is 0 Å². The summed E-state index contributed by atoms with van der Waals surface area (Å²) in [5, 5.41) is 2.68. The topological polar surface area (TPSA) is 46.2 Å². The molecule has 1 N–H and O–H groups in total. The third-order valence-corrected chi connectivity index (χ3v) is 3.44. The average molecular weight is 308 g/mol. The summed E-state index contributed by atoms with van der Waals surface area (Å²) in [6, 6.07) is 13.0. The van der Waals surface area contributed by atoms with Crippen molar-refractivity contribution in [2.45, 2.75) is 6.92 Å². The molecule has 0 saturated heterocycles. The molecule has 0 spiro atoms. The van der Waals surface area contributed by atoms with Gasteiger partial charge in [-0.25, -0.2) is 0 Å². The van der Waals surface area contributed by atoms with E-state index >= 15 is 0 Å². The molecule has 0 fully saturated rings. The summed E-state index contributed by atoms with van der Waals surface area (Å²) < 4.78 is 0. The Kier molecular flexibility index (Phi) is 4.42. The van der Waals surface area contributed by atoms with E-state index in [9.17, 15) is 9.59 Å². The molecule has 0 saturated carbocycles. The van der Waals surface area contributed by atoms with E-state index < -0.39 is 11.8 Å². The third kappa shape index (κ3) is 3.18. The Morgan fingerprint density at radius 3 is 1.65 bits per heavy atom. The molecule has 5 heteroatoms. The number of carbonyl (C=O) groups is 2. The maximum atomic E-state index is 11.1. The molecule has 20 heavy (non-hydrogen) atoms. The first-order valence-corrected chi connectivity index (χ1v) is 6.61. The molecule has 2 aromatic rings. The van der Waals surface area contributed by atoms with Crippen LogP contribution in [0, 0.1) is 6.92 Å². The number of amides is 2. The highest BCUT2D eigenvalue weighted by Gasteiger charge is 2.27. The van der Waals surface area contributed by atoms with Crippen molar-refractivity contribution in [1.29, 1.82) is 0 Å². The second-order valence-electron chi connectivity index (χ2n) is 4.25. The molecular formula is C15H11Cl2NO2. The number of benzene rings is 2. The standard InChI is InChI=1S/C8H3Cl2NO2.C7H8/c9-5-1-3-4(2-6(5)10)8(13)11-7(3)12;1-7-5-3-2-4-6-7/h1-2H,(H,11,12,13);2-6H,1H3. The van der Waals surface area contributed by atoms with Gasteiger partial charge in [0.1, 0.15) is 0 Å². The lowest BCUT2D eigenvalue weighted by molar-refractivity contribution is 0.0879. The molecule has 1 heterocycles. The molecular weight excluding hydrogens is 297 g/mol. The third-order valence-electron chi connectivity index (χ3n) is 2.72. The number of carbonyl (C=O) groups excluding carboxylic acids is 2. The van der Waals surface area contributed by atoms with Gasteiger partial charge in [-0.3, -0.25) is 14.9 Å². The molecule has 1 aliphatic heterocycles. The average Bonchev–Trinajstić information content (AvgIpc) is 2.67. The van der Waals surface area contributed by atoms with Crippen LogP contribution in [-0.4, -0.2) is 11.8 Å². The molecule has 0 aliphatic carbocycles. The SMILES string of the molecule is Cc1ccccc1.O=C1NC(=O)c2cc(Cl)c(Cl)cc21. The van der Waals surface area contributed by atoms with Crippen molar-refractivity contribution in [2.75, 3.05) is 0 Å². The second kappa shape index (κ2) is 6.07. The van der Waals surface area contributed by atoms with Crippen LogP contribution in [0.4, 0.5) is 0 Å². The van der Waals surface area contributed by atoms with Crippen molar-refractivity contribution >= 4 is 35.0 Å². The monoisotopic (exact) mass is 307 g/mol. The van der Waals surface area contributed by atoms with Gasteiger partial charge in [0, 0.05) is 0 Å². The zero-order valence-electron chi connectivity index (χ0n) is 10.6. The summed E-state index contributed by atoms with van der Waals surface area (Å²) in [5.74, 6) is -0.864. The largest absolute Gasteiger partial charge is 0.288 e. The molecule has 2 amide bonds. The minimum Gasteiger partial charge on any atom is -0.288 e. The highest BCUT2D eigenvalue weighted by molar-refractivity contribution is 6.43. The van der Waals surface area contributed by atoms with E-state index in [1.165, 1.54) is 17.7 Å². The van der Waals surface area contributed by atoms with Gasteiger partial charge in [-0.2, -0.15) is 0 Å². The molecule has 3 rings (SSSR count). The number of rotatable bonds is 0. The van der Waals surface area contributed by atoms with E-state index in [0.717, 1.165) is 0 Å². The lowest BCUT2D eigenvalue weighted by Gasteiger charge is -1.97. The minimum atomic E-state index is -0.432. The second-order valence-corrected chi connectivity index (χ2v) is 5.06. The van der Waals surface area contributed by atoms with Gasteiger partial charge in [0.05, 0.1) is 21.2 Å². The van der Waals surface area contributed by atoms with Crippen molar-refractivity contribution in [3.63, 3.8) is 0 Å². The lowest BCUT2D eigenvalue weighted by atomic mass is 10.1. The Morgan fingerprint density at radius 2 is 1.30 bits per heavy atom. The van der Waals surface area contributed by atoms with Crippen LogP contribution in [0.5, 0.6) is 0 Å². The zero-order chi connectivity index (χ0) is 14.7. The molecule has 0 bridgehead atoms. The Hall–Kier alpha value is -1.84. The van der Waals surface area contributed by atoms with Crippen LogP contribution in [0.25, 0.3) is 0 Å². The summed E-state index contributed by atoms with van der Waals surface area (Å²) in [7, 11) is 0. The van der Waals surface area contributed by atoms with Gasteiger partial charge < -0.3 is 0 Å². The van der Waals surface area contributed by atoms with Gasteiger partial charge in [0.25, 0.3) is 11.8 Å². The number of nitrogens with one attached hydrogen (secondary N) is 1. The van der Waals surface area contributed by atoms with Gasteiger partial charge in [-0.15, -0.1) is 0 Å². The number of imide groups is 1. The minimum absolute atomic E-state index is 0.269. The quantitative estimate of drug-likeness (QED) is 0.751. The first-order valence-electron chi connectivity index (χ1n) is 5.85. The first-order chi connectivity index (χ1) is 9.49. The number of aryl methyl sites for hydroxylation is 1. The summed E-state index contributed by atoms with van der Waals surface area (Å²) >= 11 is 11.4. The summed E-state index contributed by atoms with van der Waals surface area (Å²) in [6.07, 6.45) is 0. The molecule has 0 aromatic heterocycles. The number of hydrogen-bond acceptors (Lipinski definition) is 2. The summed E-state index contributed by atoms with van der Waals surface area (Å²) in [4.78, 5) is 22.2. The van der Waals surface area contributed by atoms with Crippen LogP contribution < -0.4 is 5.32 Å². The van der Waals surface area contributed by atoms with E-state index in [0.29, 0.717) is 0 Å². The van der Waals surface area contributed by atoms with Crippen molar-refractivity contribution < 1.29 is 9.59 Å². The van der Waals surface area contributed by atoms with Crippen LogP contribution in [0.2, 0.25) is 10.0 Å². The predicted molar refractivity (Wildman–Crippen MR) is 79.4 cm³/mol. The Morgan fingerprint density at radius 1 is 0.850 bits per heavy atom. The van der Waals surface area contributed by atoms with E-state index in [4.69, 9.17) is 23.2 Å². The van der Waals surface area contributed by atoms with Gasteiger partial charge in [0.2, 0.25) is 0 Å². The lowest BCUT2D eigenvalue weighted by Crippen LogP contribution is -2.19. The molecule has 1 aliphatic rings. The first kappa shape index (κ1) is 14.6. The maximum Gasteiger partial charge on any atom is 0.258 e. The van der Waals surface area contributed by atoms with Crippen LogP contribution in [0.1, 0.15) is 26.3 Å². The predicted octanol–water partition coefficient (Wildman–Crippen LogP) is 3.87. The maximum absolute atomic E-state index is 11.1. The van der Waals surface area contributed by atoms with Crippen molar-refractivity contribution in [3.8, 4) is 0 Å². The van der Waals surface area contributed by atoms with Gasteiger partial charge >= 0.3 is 0 Å². The number of hydrogen-bond donors (Lipinski definition) is 1. The molecule has 0 unspecified atom stereocenters. The summed E-state index contributed by atoms with van der Waals surface area (Å²) in [6.45, 7) is 2.08. The fourth-order valence-corrected chi connectivity index (χ4v) is 2.02. The van der Waals surface area contributed by atoms with Gasteiger partial charge in [-0.1, -0.05) is 59.1 Å². The van der Waals surface area contributed by atoms with Crippen LogP contribution in [0.3, 0.4) is 0 Å². The summed E-state index contributed by atoms with van der Waals surface area (Å²) in [5.41, 5.74) is 1.88. The van der Waals surface area contributed by atoms with Crippen molar-refractivity contribution in [2.24, 2.45) is 0 Å². The normalized spacial score (nSPS) is 12.3. The van der Waals surface area contributed by atoms with Crippen molar-refractivity contribution in [3.05, 3.63) is 69.2 Å². The Balaban J connectivity index is 0.000000178. The Bertz CT molecular complexity index is 630. The molecule has 0 radical (unpaired) electrons. The molecule has 102 valence electrons. The highest BCUT2D eigenvalue weighted by Crippen LogP contribution is 2.28. The fraction of sp³-hybridized carbons (Fsp3) is 0.0667. The molecule has 3 nitrogen and oxygen atoms in total. The molecule has 0 atom stereocenters. The van der Waals surface area contributed by atoms with E-state index in [1.807, 2.05) is 18.2 Å². The van der Waals surface area contributed by atoms with Crippen molar-refractivity contribution in [1.82, 2.24) is 5.32 Å². The fourth-order valence-electron chi connectivity index (χ4n) is 1.69. The smallest absolute Gasteiger partial charge is 0.258 e. The van der Waals surface area contributed by atoms with Crippen LogP contribution in [0.15, 0.2) is 42.5 Å². The van der Waals surface area contributed by atoms with E-state index in [-0.39, 0.29) is 21.2 Å². The van der Waals surface area contributed by atoms with Gasteiger partial charge in [-0.05, 0) is 19.1 Å². The van der Waals surface area contributed by atoms with Crippen LogP contribution in [-0.2, 0) is 0 Å². The zero-order valence-corrected chi connectivity index (χ0v) is 12.1. The Labute approximate surface area is 126 Å². The van der Waals surface area contributed by atoms with E-state index in [2.05, 4.69) is 24.4 Å². The van der Waals surface area contributed by atoms with Crippen LogP contribution >= 0.6 is 23.2 Å². The number of fused-ring (bicyclic) bond motifs is 1.